The van der Waals surface area contributed by atoms with Crippen molar-refractivity contribution in [1.29, 1.82) is 0 Å². The summed E-state index contributed by atoms with van der Waals surface area (Å²) in [4.78, 5) is 21.7. The lowest BCUT2D eigenvalue weighted by Gasteiger charge is -2.13. The SMILES string of the molecule is C=CC.COC(=O)C(C=O)Nc1ccccc1N. The molecule has 5 nitrogen and oxygen atoms in total. The van der Waals surface area contributed by atoms with E-state index < -0.39 is 12.0 Å². The summed E-state index contributed by atoms with van der Waals surface area (Å²) in [5, 5.41) is 2.68. The van der Waals surface area contributed by atoms with Crippen LogP contribution in [0, 0.1) is 0 Å². The predicted molar refractivity (Wildman–Crippen MR) is 72.2 cm³/mol. The molecule has 0 amide bonds. The number of carbonyl (C=O) groups is 2. The highest BCUT2D eigenvalue weighted by Crippen LogP contribution is 2.17. The third-order valence-corrected chi connectivity index (χ3v) is 1.86. The number of ether oxygens (including phenoxy) is 1. The Bertz CT molecular complexity index is 405. The molecule has 0 heterocycles. The average molecular weight is 250 g/mol. The van der Waals surface area contributed by atoms with Crippen LogP contribution in [0.5, 0.6) is 0 Å². The van der Waals surface area contributed by atoms with Gasteiger partial charge in [0.15, 0.2) is 12.3 Å². The van der Waals surface area contributed by atoms with Gasteiger partial charge in [-0.1, -0.05) is 18.2 Å². The van der Waals surface area contributed by atoms with Crippen molar-refractivity contribution in [2.24, 2.45) is 0 Å². The largest absolute Gasteiger partial charge is 0.467 e. The van der Waals surface area contributed by atoms with Gasteiger partial charge in [0.2, 0.25) is 0 Å². The number of nitrogens with two attached hydrogens (primary N) is 1. The van der Waals surface area contributed by atoms with E-state index >= 15 is 0 Å². The minimum Gasteiger partial charge on any atom is -0.467 e. The van der Waals surface area contributed by atoms with Gasteiger partial charge in [0.1, 0.15) is 0 Å². The van der Waals surface area contributed by atoms with Crippen LogP contribution in [0.1, 0.15) is 6.92 Å². The Morgan fingerprint density at radius 1 is 1.50 bits per heavy atom. The lowest BCUT2D eigenvalue weighted by molar-refractivity contribution is -0.142. The van der Waals surface area contributed by atoms with Crippen molar-refractivity contribution in [3.05, 3.63) is 36.9 Å². The lowest BCUT2D eigenvalue weighted by Crippen LogP contribution is -2.32. The third kappa shape index (κ3) is 5.16. The van der Waals surface area contributed by atoms with Crippen LogP contribution in [0.15, 0.2) is 36.9 Å². The maximum absolute atomic E-state index is 11.1. The van der Waals surface area contributed by atoms with Gasteiger partial charge in [0, 0.05) is 0 Å². The molecule has 0 fully saturated rings. The van der Waals surface area contributed by atoms with Crippen LogP contribution in [0.25, 0.3) is 0 Å². The molecule has 0 spiro atoms. The Balaban J connectivity index is 0.000000873. The summed E-state index contributed by atoms with van der Waals surface area (Å²) in [6.45, 7) is 5.25. The second kappa shape index (κ2) is 8.81. The van der Waals surface area contributed by atoms with Crippen molar-refractivity contribution in [3.63, 3.8) is 0 Å². The quantitative estimate of drug-likeness (QED) is 0.279. The molecule has 0 saturated carbocycles. The molecule has 0 aromatic heterocycles. The van der Waals surface area contributed by atoms with Crippen molar-refractivity contribution >= 4 is 23.6 Å². The molecule has 1 unspecified atom stereocenters. The number of anilines is 2. The normalized spacial score (nSPS) is 10.3. The number of nitrogen functional groups attached to an aromatic ring is 1. The summed E-state index contributed by atoms with van der Waals surface area (Å²) in [7, 11) is 1.22. The molecule has 0 saturated heterocycles. The van der Waals surface area contributed by atoms with Gasteiger partial charge in [-0.05, 0) is 19.1 Å². The Kier molecular flexibility index (Phi) is 7.68. The van der Waals surface area contributed by atoms with E-state index in [1.807, 2.05) is 6.92 Å². The molecule has 0 aliphatic heterocycles. The molecule has 0 radical (unpaired) electrons. The molecule has 1 aromatic carbocycles. The predicted octanol–water partition coefficient (Wildman–Crippen LogP) is 1.61. The molecule has 98 valence electrons. The first-order valence-electron chi connectivity index (χ1n) is 5.31. The number of benzene rings is 1. The van der Waals surface area contributed by atoms with Crippen molar-refractivity contribution in [2.75, 3.05) is 18.2 Å². The molecule has 0 aliphatic rings. The molecule has 3 N–H and O–H groups in total. The van der Waals surface area contributed by atoms with Crippen molar-refractivity contribution in [1.82, 2.24) is 0 Å². The fourth-order valence-electron chi connectivity index (χ4n) is 1.07. The molecule has 0 bridgehead atoms. The van der Waals surface area contributed by atoms with Crippen LogP contribution in [-0.2, 0) is 14.3 Å². The van der Waals surface area contributed by atoms with Crippen LogP contribution in [0.2, 0.25) is 0 Å². The van der Waals surface area contributed by atoms with Gasteiger partial charge in [0.05, 0.1) is 18.5 Å². The number of para-hydroxylation sites is 2. The van der Waals surface area contributed by atoms with Crippen molar-refractivity contribution < 1.29 is 14.3 Å². The highest BCUT2D eigenvalue weighted by molar-refractivity contribution is 5.96. The van der Waals surface area contributed by atoms with Gasteiger partial charge in [-0.2, -0.15) is 0 Å². The van der Waals surface area contributed by atoms with E-state index in [-0.39, 0.29) is 0 Å². The molecular weight excluding hydrogens is 232 g/mol. The molecule has 18 heavy (non-hydrogen) atoms. The van der Waals surface area contributed by atoms with Crippen molar-refractivity contribution in [3.8, 4) is 0 Å². The topological polar surface area (TPSA) is 81.4 Å². The highest BCUT2D eigenvalue weighted by Gasteiger charge is 2.18. The van der Waals surface area contributed by atoms with Crippen LogP contribution in [0.4, 0.5) is 11.4 Å². The molecule has 0 aliphatic carbocycles. The smallest absolute Gasteiger partial charge is 0.335 e. The molecule has 5 heteroatoms. The van der Waals surface area contributed by atoms with Crippen LogP contribution in [0.3, 0.4) is 0 Å². The lowest BCUT2D eigenvalue weighted by atomic mass is 10.2. The van der Waals surface area contributed by atoms with E-state index in [1.165, 1.54) is 7.11 Å². The van der Waals surface area contributed by atoms with Gasteiger partial charge in [0.25, 0.3) is 0 Å². The minimum absolute atomic E-state index is 0.466. The highest BCUT2D eigenvalue weighted by atomic mass is 16.5. The van der Waals surface area contributed by atoms with Gasteiger partial charge in [-0.3, -0.25) is 0 Å². The van der Waals surface area contributed by atoms with Crippen LogP contribution < -0.4 is 11.1 Å². The minimum atomic E-state index is -1.03. The van der Waals surface area contributed by atoms with E-state index in [1.54, 1.807) is 30.3 Å². The van der Waals surface area contributed by atoms with E-state index in [0.717, 1.165) is 0 Å². The standard InChI is InChI=1S/C10H12N2O3.C3H6/c1-15-10(14)9(6-13)12-8-5-3-2-4-7(8)11;1-3-2/h2-6,9,12H,11H2,1H3;3H,1H2,2H3. The number of carbonyl (C=O) groups excluding carboxylic acids is 2. The molecular formula is C13H18N2O3. The fraction of sp³-hybridized carbons (Fsp3) is 0.231. The number of rotatable bonds is 4. The van der Waals surface area contributed by atoms with Crippen LogP contribution >= 0.6 is 0 Å². The Hall–Kier alpha value is -2.30. The number of aldehydes is 1. The zero-order valence-corrected chi connectivity index (χ0v) is 10.6. The first-order chi connectivity index (χ1) is 8.60. The van der Waals surface area contributed by atoms with Crippen LogP contribution in [-0.4, -0.2) is 25.4 Å². The Morgan fingerprint density at radius 2 is 2.06 bits per heavy atom. The van der Waals surface area contributed by atoms with Crippen molar-refractivity contribution in [2.45, 2.75) is 13.0 Å². The van der Waals surface area contributed by atoms with E-state index in [2.05, 4.69) is 16.6 Å². The zero-order valence-electron chi connectivity index (χ0n) is 10.6. The first-order valence-corrected chi connectivity index (χ1v) is 5.31. The summed E-state index contributed by atoms with van der Waals surface area (Å²) in [6, 6.07) is 5.82. The van der Waals surface area contributed by atoms with Gasteiger partial charge >= 0.3 is 5.97 Å². The van der Waals surface area contributed by atoms with E-state index in [0.29, 0.717) is 17.7 Å². The zero-order chi connectivity index (χ0) is 14.0. The maximum atomic E-state index is 11.1. The Morgan fingerprint density at radius 3 is 2.50 bits per heavy atom. The summed E-state index contributed by atoms with van der Waals surface area (Å²) >= 11 is 0. The second-order valence-corrected chi connectivity index (χ2v) is 3.28. The number of nitrogens with one attached hydrogen (secondary N) is 1. The fourth-order valence-corrected chi connectivity index (χ4v) is 1.07. The number of esters is 1. The molecule has 1 aromatic rings. The maximum Gasteiger partial charge on any atom is 0.335 e. The number of hydrogen-bond acceptors (Lipinski definition) is 5. The number of allylic oxidation sites excluding steroid dienone is 1. The number of methoxy groups -OCH3 is 1. The first kappa shape index (κ1) is 15.7. The van der Waals surface area contributed by atoms with E-state index in [9.17, 15) is 9.59 Å². The van der Waals surface area contributed by atoms with Gasteiger partial charge < -0.3 is 20.6 Å². The van der Waals surface area contributed by atoms with Gasteiger partial charge in [-0.25, -0.2) is 4.79 Å². The second-order valence-electron chi connectivity index (χ2n) is 3.28. The third-order valence-electron chi connectivity index (χ3n) is 1.86. The number of hydrogen-bond donors (Lipinski definition) is 2. The summed E-state index contributed by atoms with van der Waals surface area (Å²) in [5.41, 5.74) is 6.63. The summed E-state index contributed by atoms with van der Waals surface area (Å²) in [6.07, 6.45) is 2.22. The Labute approximate surface area is 107 Å². The van der Waals surface area contributed by atoms with E-state index in [4.69, 9.17) is 5.73 Å². The molecule has 1 atom stereocenters. The van der Waals surface area contributed by atoms with Gasteiger partial charge in [-0.15, -0.1) is 6.58 Å². The summed E-state index contributed by atoms with van der Waals surface area (Å²) < 4.78 is 4.44. The summed E-state index contributed by atoms with van der Waals surface area (Å²) in [5.74, 6) is -0.645. The molecule has 1 rings (SSSR count). The monoisotopic (exact) mass is 250 g/mol. The average Bonchev–Trinajstić information content (AvgIpc) is 2.38.